The summed E-state index contributed by atoms with van der Waals surface area (Å²) in [4.78, 5) is 12.6. The number of aromatic nitrogens is 1. The highest BCUT2D eigenvalue weighted by atomic mass is 16.3. The molecule has 2 rings (SSSR count). The maximum Gasteiger partial charge on any atom is 0.281 e. The Kier molecular flexibility index (Phi) is 5.52. The van der Waals surface area contributed by atoms with Crippen molar-refractivity contribution in [2.45, 2.75) is 26.8 Å². The molecule has 0 bridgehead atoms. The zero-order chi connectivity index (χ0) is 18.6. The van der Waals surface area contributed by atoms with E-state index in [1.54, 1.807) is 12.1 Å². The fourth-order valence-corrected chi connectivity index (χ4v) is 2.31. The molecule has 130 valence electrons. The van der Waals surface area contributed by atoms with Crippen molar-refractivity contribution >= 4 is 11.4 Å². The smallest absolute Gasteiger partial charge is 0.281 e. The van der Waals surface area contributed by atoms with Crippen LogP contribution in [0, 0.1) is 25.2 Å². The van der Waals surface area contributed by atoms with Crippen molar-refractivity contribution in [3.8, 4) is 17.7 Å². The van der Waals surface area contributed by atoms with Crippen LogP contribution < -0.4 is 5.56 Å². The maximum atomic E-state index is 12.6. The fourth-order valence-electron chi connectivity index (χ4n) is 2.31. The molecule has 3 N–H and O–H groups in total. The average molecular weight is 342 g/mol. The molecule has 25 heavy (non-hydrogen) atoms. The van der Waals surface area contributed by atoms with E-state index in [0.717, 1.165) is 10.1 Å². The highest BCUT2D eigenvalue weighted by Gasteiger charge is 2.19. The summed E-state index contributed by atoms with van der Waals surface area (Å²) in [6, 6.07) is 6.61. The lowest BCUT2D eigenvalue weighted by Crippen LogP contribution is -2.22. The molecule has 0 aliphatic carbocycles. The summed E-state index contributed by atoms with van der Waals surface area (Å²) in [5.41, 5.74) is 0.423. The second-order valence-corrected chi connectivity index (χ2v) is 5.51. The van der Waals surface area contributed by atoms with E-state index in [1.165, 1.54) is 13.0 Å². The highest BCUT2D eigenvalue weighted by Crippen LogP contribution is 2.30. The Morgan fingerprint density at radius 2 is 1.96 bits per heavy atom. The largest absolute Gasteiger partial charge is 0.506 e. The van der Waals surface area contributed by atoms with Gasteiger partial charge in [0.1, 0.15) is 23.1 Å². The first-order valence-electron chi connectivity index (χ1n) is 7.59. The van der Waals surface area contributed by atoms with Crippen molar-refractivity contribution in [2.75, 3.05) is 6.61 Å². The van der Waals surface area contributed by atoms with Crippen molar-refractivity contribution in [1.29, 1.82) is 5.26 Å². The van der Waals surface area contributed by atoms with E-state index in [9.17, 15) is 20.3 Å². The van der Waals surface area contributed by atoms with Crippen LogP contribution in [0.25, 0.3) is 0 Å². The molecule has 0 saturated heterocycles. The Balaban J connectivity index is 2.61. The van der Waals surface area contributed by atoms with Crippen LogP contribution in [0.1, 0.15) is 23.1 Å². The van der Waals surface area contributed by atoms with Crippen LogP contribution in [-0.4, -0.2) is 26.5 Å². The minimum absolute atomic E-state index is 0.0361. The molecule has 0 aliphatic rings. The van der Waals surface area contributed by atoms with Gasteiger partial charge in [-0.2, -0.15) is 5.26 Å². The monoisotopic (exact) mass is 342 g/mol. The van der Waals surface area contributed by atoms with Gasteiger partial charge in [0.25, 0.3) is 5.56 Å². The first kappa shape index (κ1) is 18.2. The van der Waals surface area contributed by atoms with Gasteiger partial charge < -0.3 is 15.3 Å². The molecular weight excluding hydrogens is 324 g/mol. The summed E-state index contributed by atoms with van der Waals surface area (Å²) in [5.74, 6) is -0.553. The van der Waals surface area contributed by atoms with Gasteiger partial charge in [0.2, 0.25) is 5.88 Å². The van der Waals surface area contributed by atoms with Crippen molar-refractivity contribution in [1.82, 2.24) is 4.57 Å². The van der Waals surface area contributed by atoms with E-state index in [2.05, 4.69) is 10.2 Å². The van der Waals surface area contributed by atoms with E-state index in [0.29, 0.717) is 0 Å². The molecule has 8 nitrogen and oxygen atoms in total. The van der Waals surface area contributed by atoms with Gasteiger partial charge in [-0.05, 0) is 38.0 Å². The van der Waals surface area contributed by atoms with Gasteiger partial charge in [-0.25, -0.2) is 0 Å². The standard InChI is InChI=1S/C17H18N4O4/c1-10-4-5-14(23)13(8-10)19-20-15-11(2)12(9-18)16(24)21(17(15)25)6-3-7-22/h4-5,8,22-24H,3,6-7H2,1-2H3. The van der Waals surface area contributed by atoms with Gasteiger partial charge >= 0.3 is 0 Å². The molecule has 1 aromatic carbocycles. The summed E-state index contributed by atoms with van der Waals surface area (Å²) in [5, 5.41) is 45.9. The third-order valence-electron chi connectivity index (χ3n) is 3.70. The second kappa shape index (κ2) is 7.59. The van der Waals surface area contributed by atoms with Gasteiger partial charge in [0, 0.05) is 18.7 Å². The number of aryl methyl sites for hydroxylation is 1. The summed E-state index contributed by atoms with van der Waals surface area (Å²) in [6.45, 7) is 3.17. The van der Waals surface area contributed by atoms with Crippen molar-refractivity contribution in [2.24, 2.45) is 10.2 Å². The summed E-state index contributed by atoms with van der Waals surface area (Å²) in [6.07, 6.45) is 0.233. The number of aliphatic hydroxyl groups is 1. The number of azo groups is 1. The lowest BCUT2D eigenvalue weighted by atomic mass is 10.1. The van der Waals surface area contributed by atoms with Crippen molar-refractivity contribution in [3.63, 3.8) is 0 Å². The zero-order valence-corrected chi connectivity index (χ0v) is 13.9. The summed E-state index contributed by atoms with van der Waals surface area (Å²) >= 11 is 0. The zero-order valence-electron chi connectivity index (χ0n) is 13.9. The van der Waals surface area contributed by atoms with Crippen LogP contribution >= 0.6 is 0 Å². The third kappa shape index (κ3) is 3.67. The lowest BCUT2D eigenvalue weighted by molar-refractivity contribution is 0.274. The lowest BCUT2D eigenvalue weighted by Gasteiger charge is -2.12. The Bertz CT molecular complexity index is 926. The molecular formula is C17H18N4O4. The number of benzene rings is 1. The molecule has 8 heteroatoms. The molecule has 0 spiro atoms. The van der Waals surface area contributed by atoms with Crippen LogP contribution in [0.4, 0.5) is 11.4 Å². The second-order valence-electron chi connectivity index (χ2n) is 5.51. The van der Waals surface area contributed by atoms with Gasteiger partial charge in [-0.15, -0.1) is 10.2 Å². The van der Waals surface area contributed by atoms with Gasteiger partial charge in [-0.3, -0.25) is 9.36 Å². The van der Waals surface area contributed by atoms with Crippen LogP contribution in [0.5, 0.6) is 11.6 Å². The van der Waals surface area contributed by atoms with Crippen LogP contribution in [-0.2, 0) is 6.54 Å². The number of rotatable bonds is 5. The van der Waals surface area contributed by atoms with Gasteiger partial charge in [0.15, 0.2) is 5.69 Å². The van der Waals surface area contributed by atoms with E-state index < -0.39 is 11.4 Å². The summed E-state index contributed by atoms with van der Waals surface area (Å²) in [7, 11) is 0. The third-order valence-corrected chi connectivity index (χ3v) is 3.70. The van der Waals surface area contributed by atoms with Gasteiger partial charge in [-0.1, -0.05) is 6.07 Å². The Hall–Kier alpha value is -3.18. The molecule has 2 aromatic rings. The maximum absolute atomic E-state index is 12.6. The molecule has 1 aromatic heterocycles. The summed E-state index contributed by atoms with van der Waals surface area (Å²) < 4.78 is 0.978. The van der Waals surface area contributed by atoms with E-state index in [1.807, 2.05) is 13.0 Å². The molecule has 0 amide bonds. The number of aromatic hydroxyl groups is 2. The molecule has 0 atom stereocenters. The fraction of sp³-hybridized carbons (Fsp3) is 0.294. The Morgan fingerprint density at radius 3 is 2.60 bits per heavy atom. The first-order valence-corrected chi connectivity index (χ1v) is 7.59. The Morgan fingerprint density at radius 1 is 1.24 bits per heavy atom. The molecule has 0 saturated carbocycles. The van der Waals surface area contributed by atoms with Crippen LogP contribution in [0.2, 0.25) is 0 Å². The number of nitrogens with zero attached hydrogens (tertiary/aromatic N) is 4. The van der Waals surface area contributed by atoms with E-state index in [4.69, 9.17) is 5.11 Å². The molecule has 0 unspecified atom stereocenters. The molecule has 0 fully saturated rings. The predicted octanol–water partition coefficient (Wildman–Crippen LogP) is 2.55. The van der Waals surface area contributed by atoms with Crippen molar-refractivity contribution in [3.05, 3.63) is 45.2 Å². The minimum atomic E-state index is -0.627. The highest BCUT2D eigenvalue weighted by molar-refractivity contribution is 5.57. The molecule has 0 aliphatic heterocycles. The quantitative estimate of drug-likeness (QED) is 0.719. The van der Waals surface area contributed by atoms with Gasteiger partial charge in [0.05, 0.1) is 0 Å². The minimum Gasteiger partial charge on any atom is -0.506 e. The number of phenolic OH excluding ortho intramolecular Hbond substituents is 1. The average Bonchev–Trinajstić information content (AvgIpc) is 2.58. The molecule has 0 radical (unpaired) electrons. The normalized spacial score (nSPS) is 11.0. The number of phenols is 1. The Labute approximate surface area is 143 Å². The van der Waals surface area contributed by atoms with Crippen LogP contribution in [0.15, 0.2) is 33.2 Å². The number of pyridine rings is 1. The molecule has 1 heterocycles. The number of nitriles is 1. The number of hydrogen-bond acceptors (Lipinski definition) is 7. The van der Waals surface area contributed by atoms with Crippen molar-refractivity contribution < 1.29 is 15.3 Å². The number of hydrogen-bond donors (Lipinski definition) is 3. The number of aliphatic hydroxyl groups excluding tert-OH is 1. The predicted molar refractivity (Wildman–Crippen MR) is 90.5 cm³/mol. The van der Waals surface area contributed by atoms with Crippen LogP contribution in [0.3, 0.4) is 0 Å². The first-order chi connectivity index (χ1) is 11.9. The topological polar surface area (TPSA) is 131 Å². The van der Waals surface area contributed by atoms with E-state index >= 15 is 0 Å². The van der Waals surface area contributed by atoms with E-state index in [-0.39, 0.29) is 47.8 Å². The SMILES string of the molecule is Cc1ccc(O)c(N=Nc2c(C)c(C#N)c(O)n(CCCO)c2=O)c1.